The second-order valence-corrected chi connectivity index (χ2v) is 6.10. The number of aromatic nitrogens is 2. The molecule has 4 nitrogen and oxygen atoms in total. The van der Waals surface area contributed by atoms with E-state index in [2.05, 4.69) is 34.9 Å². The highest BCUT2D eigenvalue weighted by Gasteiger charge is 2.11. The van der Waals surface area contributed by atoms with Crippen molar-refractivity contribution in [2.45, 2.75) is 26.4 Å². The number of aromatic amines is 1. The molecule has 1 heterocycles. The van der Waals surface area contributed by atoms with Crippen molar-refractivity contribution in [2.75, 3.05) is 6.61 Å². The largest absolute Gasteiger partial charge is 0.489 e. The molecule has 1 aromatic heterocycles. The minimum atomic E-state index is 0.117. The smallest absolute Gasteiger partial charge is 0.124 e. The predicted octanol–water partition coefficient (Wildman–Crippen LogP) is 4.37. The van der Waals surface area contributed by atoms with Crippen LogP contribution in [0.25, 0.3) is 11.0 Å². The van der Waals surface area contributed by atoms with E-state index < -0.39 is 0 Å². The second-order valence-electron chi connectivity index (χ2n) is 6.10. The van der Waals surface area contributed by atoms with E-state index in [9.17, 15) is 0 Å². The summed E-state index contributed by atoms with van der Waals surface area (Å²) in [4.78, 5) is 8.02. The molecule has 1 atom stereocenters. The topological polar surface area (TPSA) is 49.9 Å². The zero-order valence-corrected chi connectivity index (χ0v) is 14.2. The fourth-order valence-electron chi connectivity index (χ4n) is 2.53. The summed E-state index contributed by atoms with van der Waals surface area (Å²) < 4.78 is 5.82. The third-order valence-electron chi connectivity index (χ3n) is 3.86. The maximum absolute atomic E-state index is 5.82. The van der Waals surface area contributed by atoms with Gasteiger partial charge >= 0.3 is 0 Å². The van der Waals surface area contributed by atoms with Gasteiger partial charge in [0, 0.05) is 12.1 Å². The first-order valence-corrected chi connectivity index (χ1v) is 8.16. The molecule has 0 aliphatic rings. The Labute approximate surface area is 142 Å². The van der Waals surface area contributed by atoms with Gasteiger partial charge in [-0.3, -0.25) is 0 Å². The summed E-state index contributed by atoms with van der Waals surface area (Å²) in [5.74, 6) is 1.83. The Morgan fingerprint density at radius 2 is 1.96 bits per heavy atom. The fraction of sp³-hybridized carbons (Fsp3) is 0.250. The molecule has 3 aromatic rings. The van der Waals surface area contributed by atoms with Gasteiger partial charge in [-0.1, -0.05) is 36.9 Å². The van der Waals surface area contributed by atoms with Crippen molar-refractivity contribution in [3.63, 3.8) is 0 Å². The van der Waals surface area contributed by atoms with Crippen molar-refractivity contribution in [3.05, 3.63) is 72.1 Å². The molecule has 0 saturated heterocycles. The molecule has 2 aromatic carbocycles. The molecule has 124 valence electrons. The molecule has 2 N–H and O–H groups in total. The van der Waals surface area contributed by atoms with E-state index in [1.165, 1.54) is 0 Å². The number of fused-ring (bicyclic) bond motifs is 1. The highest BCUT2D eigenvalue weighted by atomic mass is 16.5. The SMILES string of the molecule is C=C(C)COc1ccccc1CNC(C)c1nc2ccccc2[nH]1. The summed E-state index contributed by atoms with van der Waals surface area (Å²) in [6.07, 6.45) is 0. The number of nitrogens with zero attached hydrogens (tertiary/aromatic N) is 1. The van der Waals surface area contributed by atoms with Crippen LogP contribution in [0.15, 0.2) is 60.7 Å². The molecule has 0 bridgehead atoms. The second kappa shape index (κ2) is 7.32. The van der Waals surface area contributed by atoms with Crippen LogP contribution in [0.1, 0.15) is 31.3 Å². The molecule has 0 spiro atoms. The summed E-state index contributed by atoms with van der Waals surface area (Å²) in [5.41, 5.74) is 4.19. The molecule has 0 aliphatic carbocycles. The summed E-state index contributed by atoms with van der Waals surface area (Å²) >= 11 is 0. The number of hydrogen-bond acceptors (Lipinski definition) is 3. The first kappa shape index (κ1) is 16.3. The van der Waals surface area contributed by atoms with Crippen molar-refractivity contribution < 1.29 is 4.74 Å². The van der Waals surface area contributed by atoms with Gasteiger partial charge in [0.05, 0.1) is 17.1 Å². The zero-order chi connectivity index (χ0) is 16.9. The summed E-state index contributed by atoms with van der Waals surface area (Å²) in [6.45, 7) is 9.20. The molecule has 0 amide bonds. The van der Waals surface area contributed by atoms with Crippen LogP contribution in [0.5, 0.6) is 5.75 Å². The molecule has 0 fully saturated rings. The number of imidazole rings is 1. The molecular weight excluding hydrogens is 298 g/mol. The Balaban J connectivity index is 1.67. The number of hydrogen-bond donors (Lipinski definition) is 2. The molecular formula is C20H23N3O. The lowest BCUT2D eigenvalue weighted by atomic mass is 10.2. The molecule has 0 aliphatic heterocycles. The number of rotatable bonds is 7. The van der Waals surface area contributed by atoms with E-state index in [-0.39, 0.29) is 6.04 Å². The van der Waals surface area contributed by atoms with Gasteiger partial charge < -0.3 is 15.0 Å². The van der Waals surface area contributed by atoms with Crippen LogP contribution >= 0.6 is 0 Å². The Morgan fingerprint density at radius 3 is 2.75 bits per heavy atom. The van der Waals surface area contributed by atoms with Gasteiger partial charge in [-0.15, -0.1) is 0 Å². The molecule has 0 radical (unpaired) electrons. The van der Waals surface area contributed by atoms with Crippen molar-refractivity contribution in [1.82, 2.24) is 15.3 Å². The highest BCUT2D eigenvalue weighted by Crippen LogP contribution is 2.20. The third kappa shape index (κ3) is 3.84. The highest BCUT2D eigenvalue weighted by molar-refractivity contribution is 5.74. The summed E-state index contributed by atoms with van der Waals surface area (Å²) in [5, 5.41) is 3.51. The van der Waals surface area contributed by atoms with Gasteiger partial charge in [0.15, 0.2) is 0 Å². The monoisotopic (exact) mass is 321 g/mol. The normalized spacial score (nSPS) is 12.2. The van der Waals surface area contributed by atoms with Crippen molar-refractivity contribution in [3.8, 4) is 5.75 Å². The van der Waals surface area contributed by atoms with E-state index in [0.717, 1.165) is 33.7 Å². The third-order valence-corrected chi connectivity index (χ3v) is 3.86. The minimum Gasteiger partial charge on any atom is -0.489 e. The Kier molecular flexibility index (Phi) is 4.96. The summed E-state index contributed by atoms with van der Waals surface area (Å²) in [7, 11) is 0. The first-order valence-electron chi connectivity index (χ1n) is 8.16. The van der Waals surface area contributed by atoms with Crippen LogP contribution in [-0.4, -0.2) is 16.6 Å². The first-order chi connectivity index (χ1) is 11.6. The van der Waals surface area contributed by atoms with E-state index in [1.54, 1.807) is 0 Å². The molecule has 3 rings (SSSR count). The number of ether oxygens (including phenoxy) is 1. The lowest BCUT2D eigenvalue weighted by Crippen LogP contribution is -2.19. The van der Waals surface area contributed by atoms with Gasteiger partial charge in [-0.2, -0.15) is 0 Å². The lowest BCUT2D eigenvalue weighted by Gasteiger charge is -2.15. The van der Waals surface area contributed by atoms with Crippen molar-refractivity contribution in [2.24, 2.45) is 0 Å². The van der Waals surface area contributed by atoms with Gasteiger partial charge in [0.1, 0.15) is 18.2 Å². The van der Waals surface area contributed by atoms with Crippen LogP contribution < -0.4 is 10.1 Å². The van der Waals surface area contributed by atoms with Crippen LogP contribution in [-0.2, 0) is 6.54 Å². The number of nitrogens with one attached hydrogen (secondary N) is 2. The number of benzene rings is 2. The Morgan fingerprint density at radius 1 is 1.21 bits per heavy atom. The molecule has 1 unspecified atom stereocenters. The van der Waals surface area contributed by atoms with Gasteiger partial charge in [0.25, 0.3) is 0 Å². The number of para-hydroxylation sites is 3. The van der Waals surface area contributed by atoms with E-state index in [4.69, 9.17) is 4.74 Å². The quantitative estimate of drug-likeness (QED) is 0.635. The number of H-pyrrole nitrogens is 1. The maximum atomic E-state index is 5.82. The van der Waals surface area contributed by atoms with Crippen LogP contribution in [0.4, 0.5) is 0 Å². The Hall–Kier alpha value is -2.59. The summed E-state index contributed by atoms with van der Waals surface area (Å²) in [6, 6.07) is 16.3. The van der Waals surface area contributed by atoms with Crippen molar-refractivity contribution >= 4 is 11.0 Å². The van der Waals surface area contributed by atoms with E-state index in [0.29, 0.717) is 13.2 Å². The molecule has 0 saturated carbocycles. The minimum absolute atomic E-state index is 0.117. The molecule has 24 heavy (non-hydrogen) atoms. The van der Waals surface area contributed by atoms with Crippen molar-refractivity contribution in [1.29, 1.82) is 0 Å². The van der Waals surface area contributed by atoms with Gasteiger partial charge in [-0.25, -0.2) is 4.98 Å². The van der Waals surface area contributed by atoms with E-state index in [1.807, 2.05) is 49.4 Å². The Bertz CT molecular complexity index is 805. The standard InChI is InChI=1S/C20H23N3O/c1-14(2)13-24-19-11-7-4-8-16(19)12-21-15(3)20-22-17-9-5-6-10-18(17)23-20/h4-11,15,21H,1,12-13H2,2-3H3,(H,22,23). The van der Waals surface area contributed by atoms with Crippen LogP contribution in [0.3, 0.4) is 0 Å². The fourth-order valence-corrected chi connectivity index (χ4v) is 2.53. The van der Waals surface area contributed by atoms with Gasteiger partial charge in [0.2, 0.25) is 0 Å². The average Bonchev–Trinajstić information content (AvgIpc) is 3.02. The van der Waals surface area contributed by atoms with Gasteiger partial charge in [-0.05, 0) is 37.6 Å². The molecule has 4 heteroatoms. The van der Waals surface area contributed by atoms with E-state index >= 15 is 0 Å². The van der Waals surface area contributed by atoms with Crippen LogP contribution in [0.2, 0.25) is 0 Å². The zero-order valence-electron chi connectivity index (χ0n) is 14.2. The lowest BCUT2D eigenvalue weighted by molar-refractivity contribution is 0.346. The average molecular weight is 321 g/mol. The van der Waals surface area contributed by atoms with Crippen LogP contribution in [0, 0.1) is 0 Å². The maximum Gasteiger partial charge on any atom is 0.124 e. The predicted molar refractivity (Wildman–Crippen MR) is 98.1 cm³/mol.